The van der Waals surface area contributed by atoms with Gasteiger partial charge in [0.1, 0.15) is 5.82 Å². The summed E-state index contributed by atoms with van der Waals surface area (Å²) in [6, 6.07) is 16.9. The lowest BCUT2D eigenvalue weighted by Crippen LogP contribution is -2.25. The lowest BCUT2D eigenvalue weighted by molar-refractivity contribution is -0.114. The second kappa shape index (κ2) is 8.32. The van der Waals surface area contributed by atoms with E-state index in [2.05, 4.69) is 25.9 Å². The van der Waals surface area contributed by atoms with Crippen LogP contribution in [0, 0.1) is 6.92 Å². The molecule has 0 bridgehead atoms. The van der Waals surface area contributed by atoms with Crippen molar-refractivity contribution in [2.45, 2.75) is 32.7 Å². The number of amides is 2. The van der Waals surface area contributed by atoms with Gasteiger partial charge in [0.25, 0.3) is 5.91 Å². The number of nitrogens with zero attached hydrogens (tertiary/aromatic N) is 2. The summed E-state index contributed by atoms with van der Waals surface area (Å²) in [4.78, 5) is 32.4. The molecule has 0 radical (unpaired) electrons. The van der Waals surface area contributed by atoms with Gasteiger partial charge in [0, 0.05) is 47.2 Å². The van der Waals surface area contributed by atoms with Crippen molar-refractivity contribution in [3.8, 4) is 11.4 Å². The van der Waals surface area contributed by atoms with Crippen molar-refractivity contribution in [1.82, 2.24) is 15.3 Å². The Morgan fingerprint density at radius 3 is 2.23 bits per heavy atom. The predicted molar refractivity (Wildman–Crippen MR) is 117 cm³/mol. The third kappa shape index (κ3) is 5.00. The Bertz CT molecular complexity index is 1070. The van der Waals surface area contributed by atoms with Crippen molar-refractivity contribution in [1.29, 1.82) is 0 Å². The van der Waals surface area contributed by atoms with Gasteiger partial charge in [-0.05, 0) is 56.2 Å². The molecule has 3 N–H and O–H groups in total. The normalized spacial score (nSPS) is 12.9. The number of benzene rings is 2. The average molecular weight is 401 g/mol. The van der Waals surface area contributed by atoms with Crippen LogP contribution in [0.25, 0.3) is 11.4 Å². The molecule has 0 saturated heterocycles. The fourth-order valence-electron chi connectivity index (χ4n) is 3.02. The van der Waals surface area contributed by atoms with E-state index in [1.54, 1.807) is 12.1 Å². The summed E-state index contributed by atoms with van der Waals surface area (Å²) in [6.07, 6.45) is 2.12. The molecule has 152 valence electrons. The monoisotopic (exact) mass is 401 g/mol. The topological polar surface area (TPSA) is 96.0 Å². The Morgan fingerprint density at radius 1 is 0.933 bits per heavy atom. The number of carbonyl (C=O) groups is 2. The molecule has 0 aliphatic heterocycles. The summed E-state index contributed by atoms with van der Waals surface area (Å²) in [6.45, 7) is 3.39. The fourth-order valence-corrected chi connectivity index (χ4v) is 3.02. The third-order valence-corrected chi connectivity index (χ3v) is 4.65. The Kier molecular flexibility index (Phi) is 5.43. The molecule has 1 fully saturated rings. The summed E-state index contributed by atoms with van der Waals surface area (Å²) in [5.74, 6) is 1.10. The van der Waals surface area contributed by atoms with Crippen LogP contribution in [-0.2, 0) is 4.79 Å². The van der Waals surface area contributed by atoms with Gasteiger partial charge in [-0.1, -0.05) is 12.1 Å². The maximum absolute atomic E-state index is 12.2. The van der Waals surface area contributed by atoms with Crippen molar-refractivity contribution >= 4 is 29.0 Å². The third-order valence-electron chi connectivity index (χ3n) is 4.65. The van der Waals surface area contributed by atoms with Crippen molar-refractivity contribution in [3.05, 3.63) is 65.9 Å². The highest BCUT2D eigenvalue weighted by Gasteiger charge is 2.23. The molecule has 7 nitrogen and oxygen atoms in total. The van der Waals surface area contributed by atoms with Crippen LogP contribution in [0.5, 0.6) is 0 Å². The molecule has 7 heteroatoms. The SMILES string of the molecule is CC(=O)Nc1ccc(Nc2cc(C)nc(-c3ccc(C(=O)NC4CC4)cc3)n2)cc1. The van der Waals surface area contributed by atoms with Crippen molar-refractivity contribution in [3.63, 3.8) is 0 Å². The largest absolute Gasteiger partial charge is 0.349 e. The molecule has 0 spiro atoms. The van der Waals surface area contributed by atoms with Gasteiger partial charge in [-0.3, -0.25) is 9.59 Å². The number of nitrogens with one attached hydrogen (secondary N) is 3. The Labute approximate surface area is 175 Å². The highest BCUT2D eigenvalue weighted by atomic mass is 16.2. The zero-order chi connectivity index (χ0) is 21.1. The molecule has 30 heavy (non-hydrogen) atoms. The maximum atomic E-state index is 12.2. The van der Waals surface area contributed by atoms with E-state index in [9.17, 15) is 9.59 Å². The van der Waals surface area contributed by atoms with E-state index in [1.165, 1.54) is 6.92 Å². The average Bonchev–Trinajstić information content (AvgIpc) is 3.53. The Morgan fingerprint density at radius 2 is 1.60 bits per heavy atom. The highest BCUT2D eigenvalue weighted by molar-refractivity contribution is 5.95. The smallest absolute Gasteiger partial charge is 0.251 e. The molecule has 3 aromatic rings. The lowest BCUT2D eigenvalue weighted by atomic mass is 10.1. The number of hydrogen-bond donors (Lipinski definition) is 3. The summed E-state index contributed by atoms with van der Waals surface area (Å²) in [5.41, 5.74) is 3.88. The second-order valence-corrected chi connectivity index (χ2v) is 7.43. The molecular formula is C23H23N5O2. The summed E-state index contributed by atoms with van der Waals surface area (Å²) < 4.78 is 0. The number of hydrogen-bond acceptors (Lipinski definition) is 5. The van der Waals surface area contributed by atoms with E-state index in [1.807, 2.05) is 49.4 Å². The second-order valence-electron chi connectivity index (χ2n) is 7.43. The molecule has 2 aromatic carbocycles. The van der Waals surface area contributed by atoms with Crippen LogP contribution in [0.1, 0.15) is 35.8 Å². The number of aryl methyl sites for hydroxylation is 1. The minimum atomic E-state index is -0.109. The van der Waals surface area contributed by atoms with Crippen LogP contribution >= 0.6 is 0 Å². The molecule has 0 unspecified atom stereocenters. The molecule has 0 atom stereocenters. The first-order chi connectivity index (χ1) is 14.5. The lowest BCUT2D eigenvalue weighted by Gasteiger charge is -2.10. The zero-order valence-corrected chi connectivity index (χ0v) is 16.9. The minimum Gasteiger partial charge on any atom is -0.349 e. The molecular weight excluding hydrogens is 378 g/mol. The van der Waals surface area contributed by atoms with Crippen molar-refractivity contribution in [2.24, 2.45) is 0 Å². The first-order valence-electron chi connectivity index (χ1n) is 9.88. The summed E-state index contributed by atoms with van der Waals surface area (Å²) in [5, 5.41) is 8.99. The van der Waals surface area contributed by atoms with E-state index < -0.39 is 0 Å². The van der Waals surface area contributed by atoms with Crippen LogP contribution in [-0.4, -0.2) is 27.8 Å². The first-order valence-corrected chi connectivity index (χ1v) is 9.88. The van der Waals surface area contributed by atoms with E-state index in [0.29, 0.717) is 23.2 Å². The number of aromatic nitrogens is 2. The van der Waals surface area contributed by atoms with Crippen LogP contribution in [0.3, 0.4) is 0 Å². The van der Waals surface area contributed by atoms with E-state index in [4.69, 9.17) is 0 Å². The molecule has 1 saturated carbocycles. The van der Waals surface area contributed by atoms with E-state index in [-0.39, 0.29) is 11.8 Å². The van der Waals surface area contributed by atoms with Gasteiger partial charge < -0.3 is 16.0 Å². The van der Waals surface area contributed by atoms with E-state index >= 15 is 0 Å². The summed E-state index contributed by atoms with van der Waals surface area (Å²) >= 11 is 0. The Hall–Kier alpha value is -3.74. The first kappa shape index (κ1) is 19.6. The van der Waals surface area contributed by atoms with E-state index in [0.717, 1.165) is 35.5 Å². The van der Waals surface area contributed by atoms with Gasteiger partial charge in [-0.25, -0.2) is 9.97 Å². The van der Waals surface area contributed by atoms with Gasteiger partial charge in [-0.2, -0.15) is 0 Å². The van der Waals surface area contributed by atoms with Gasteiger partial charge in [0.05, 0.1) is 0 Å². The van der Waals surface area contributed by atoms with Gasteiger partial charge in [-0.15, -0.1) is 0 Å². The van der Waals surface area contributed by atoms with Crippen molar-refractivity contribution < 1.29 is 9.59 Å². The van der Waals surface area contributed by atoms with Gasteiger partial charge in [0.15, 0.2) is 5.82 Å². The molecule has 1 aliphatic carbocycles. The van der Waals surface area contributed by atoms with Crippen molar-refractivity contribution in [2.75, 3.05) is 10.6 Å². The predicted octanol–water partition coefficient (Wildman–Crippen LogP) is 4.05. The molecule has 1 heterocycles. The van der Waals surface area contributed by atoms with Crippen LogP contribution in [0.2, 0.25) is 0 Å². The van der Waals surface area contributed by atoms with Crippen LogP contribution in [0.4, 0.5) is 17.2 Å². The molecule has 4 rings (SSSR count). The van der Waals surface area contributed by atoms with Crippen LogP contribution < -0.4 is 16.0 Å². The quantitative estimate of drug-likeness (QED) is 0.579. The van der Waals surface area contributed by atoms with Gasteiger partial charge >= 0.3 is 0 Å². The molecule has 1 aliphatic rings. The Balaban J connectivity index is 1.50. The molecule has 1 aromatic heterocycles. The standard InChI is InChI=1S/C23H23N5O2/c1-14-13-21(26-19-9-7-18(8-10-19)25-15(2)29)28-22(24-14)16-3-5-17(6-4-16)23(30)27-20-11-12-20/h3-10,13,20H,11-12H2,1-2H3,(H,25,29)(H,27,30)(H,24,26,28). The highest BCUT2D eigenvalue weighted by Crippen LogP contribution is 2.23. The number of carbonyl (C=O) groups excluding carboxylic acids is 2. The number of anilines is 3. The fraction of sp³-hybridized carbons (Fsp3) is 0.217. The minimum absolute atomic E-state index is 0.0423. The van der Waals surface area contributed by atoms with Crippen LogP contribution in [0.15, 0.2) is 54.6 Å². The van der Waals surface area contributed by atoms with Gasteiger partial charge in [0.2, 0.25) is 5.91 Å². The zero-order valence-electron chi connectivity index (χ0n) is 16.9. The number of rotatable bonds is 6. The summed E-state index contributed by atoms with van der Waals surface area (Å²) in [7, 11) is 0. The maximum Gasteiger partial charge on any atom is 0.251 e. The molecule has 2 amide bonds.